The molecular formula is C59H58N8O8S2. The number of hydrogen-bond acceptors (Lipinski definition) is 8. The van der Waals surface area contributed by atoms with Crippen LogP contribution in [0.1, 0.15) is 39.3 Å². The molecule has 5 aromatic carbocycles. The normalized spacial score (nSPS) is 16.4. The number of aliphatic carboxylic acids is 2. The van der Waals surface area contributed by atoms with Gasteiger partial charge in [-0.05, 0) is 120 Å². The van der Waals surface area contributed by atoms with Gasteiger partial charge in [0.05, 0.1) is 42.4 Å². The number of urea groups is 4. The van der Waals surface area contributed by atoms with Crippen molar-refractivity contribution < 1.29 is 39.0 Å². The molecule has 394 valence electrons. The predicted octanol–water partition coefficient (Wildman–Crippen LogP) is 11.0. The van der Waals surface area contributed by atoms with Crippen LogP contribution in [0.4, 0.5) is 47.6 Å². The number of para-hydroxylation sites is 4. The summed E-state index contributed by atoms with van der Waals surface area (Å²) in [6, 6.07) is 44.1. The van der Waals surface area contributed by atoms with Crippen molar-refractivity contribution in [2.24, 2.45) is 0 Å². The highest BCUT2D eigenvalue weighted by molar-refractivity contribution is 7.10. The molecule has 1 saturated carbocycles. The van der Waals surface area contributed by atoms with E-state index in [0.717, 1.165) is 39.3 Å². The van der Waals surface area contributed by atoms with Crippen LogP contribution in [0.5, 0.6) is 0 Å². The standard InChI is InChI=1S/C59H58N8O8S2/c1-41-32-43(39-76-41)35-64(45-14-6-2-7-15-45)56(72)60-28-31-63(53(37-60)55(70)71)59(75)67(49-20-12-5-13-21-49)50-24-22-42(23-25-50)33-51-34-44(40-77-51)36-65(46-26-27-46)57(73)61-29-30-62(52(38-61)54(68)69)58(74)66(47-16-8-3-9-17-47)48-18-10-4-11-19-48/h2-25,32,34,39-40,46,52-53H,26-31,33,35-38H2,1H3,(H,68,69)(H,70,71)/t52-,53-/m0/s1. The van der Waals surface area contributed by atoms with E-state index < -0.39 is 36.1 Å². The molecule has 8 amide bonds. The van der Waals surface area contributed by atoms with Gasteiger partial charge in [0, 0.05) is 60.6 Å². The third-order valence-electron chi connectivity index (χ3n) is 14.1. The van der Waals surface area contributed by atoms with Gasteiger partial charge in [0.25, 0.3) is 0 Å². The van der Waals surface area contributed by atoms with Crippen LogP contribution in [-0.2, 0) is 29.1 Å². The number of amides is 8. The van der Waals surface area contributed by atoms with Crippen LogP contribution in [0.15, 0.2) is 168 Å². The third-order valence-corrected chi connectivity index (χ3v) is 16.0. The van der Waals surface area contributed by atoms with Crippen LogP contribution in [0, 0.1) is 6.92 Å². The lowest BCUT2D eigenvalue weighted by Gasteiger charge is -2.42. The summed E-state index contributed by atoms with van der Waals surface area (Å²) in [7, 11) is 0. The highest BCUT2D eigenvalue weighted by Gasteiger charge is 2.44. The Hall–Kier alpha value is -8.48. The largest absolute Gasteiger partial charge is 0.480 e. The number of carboxylic acid groups (broad SMARTS) is 2. The first-order chi connectivity index (χ1) is 37.4. The second-order valence-electron chi connectivity index (χ2n) is 19.4. The molecule has 10 rings (SSSR count). The number of nitrogens with zero attached hydrogens (tertiary/aromatic N) is 8. The van der Waals surface area contributed by atoms with Gasteiger partial charge in [-0.2, -0.15) is 0 Å². The smallest absolute Gasteiger partial charge is 0.329 e. The van der Waals surface area contributed by atoms with E-state index in [1.165, 1.54) is 24.5 Å². The Morgan fingerprint density at radius 3 is 1.39 bits per heavy atom. The minimum Gasteiger partial charge on any atom is -0.480 e. The van der Waals surface area contributed by atoms with Gasteiger partial charge >= 0.3 is 36.1 Å². The summed E-state index contributed by atoms with van der Waals surface area (Å²) in [5, 5.41) is 25.2. The molecule has 77 heavy (non-hydrogen) atoms. The molecule has 3 fully saturated rings. The lowest BCUT2D eigenvalue weighted by molar-refractivity contribution is -0.144. The number of piperazine rings is 2. The average Bonchev–Trinajstić information content (AvgIpc) is 4.08. The lowest BCUT2D eigenvalue weighted by Crippen LogP contribution is -2.62. The SMILES string of the molecule is Cc1cc(CN(C(=O)N2CCN(C(=O)N(c3ccccc3)c3ccc(Cc4cc(CN(C(=O)N5CCN(C(=O)N(c6ccccc6)c6ccccc6)[C@H](C(=O)O)C5)C5CC5)cs4)cc3)[C@H](C(=O)O)C2)c2ccccc2)cs1. The lowest BCUT2D eigenvalue weighted by atomic mass is 10.1. The number of aryl methyl sites for hydroxylation is 1. The second-order valence-corrected chi connectivity index (χ2v) is 21.5. The Morgan fingerprint density at radius 1 is 0.494 bits per heavy atom. The zero-order valence-electron chi connectivity index (χ0n) is 42.4. The van der Waals surface area contributed by atoms with Gasteiger partial charge in [-0.3, -0.25) is 14.7 Å². The van der Waals surface area contributed by atoms with Crippen molar-refractivity contribution in [1.82, 2.24) is 24.5 Å². The van der Waals surface area contributed by atoms with E-state index in [-0.39, 0.29) is 57.4 Å². The Labute approximate surface area is 454 Å². The molecule has 1 aliphatic carbocycles. The van der Waals surface area contributed by atoms with E-state index in [2.05, 4.69) is 6.07 Å². The Kier molecular flexibility index (Phi) is 15.7. The van der Waals surface area contributed by atoms with Gasteiger partial charge in [0.1, 0.15) is 12.1 Å². The summed E-state index contributed by atoms with van der Waals surface area (Å²) in [5.41, 5.74) is 5.87. The predicted molar refractivity (Wildman–Crippen MR) is 298 cm³/mol. The minimum absolute atomic E-state index is 0.00261. The topological polar surface area (TPSA) is 169 Å². The van der Waals surface area contributed by atoms with Crippen molar-refractivity contribution in [3.63, 3.8) is 0 Å². The molecule has 7 aromatic rings. The molecule has 18 heteroatoms. The third kappa shape index (κ3) is 11.8. The first-order valence-corrected chi connectivity index (χ1v) is 27.3. The Morgan fingerprint density at radius 2 is 0.935 bits per heavy atom. The van der Waals surface area contributed by atoms with E-state index in [4.69, 9.17) is 0 Å². The van der Waals surface area contributed by atoms with Gasteiger partial charge in [-0.25, -0.2) is 28.8 Å². The van der Waals surface area contributed by atoms with E-state index in [0.29, 0.717) is 47.9 Å². The molecule has 2 aromatic heterocycles. The molecule has 16 nitrogen and oxygen atoms in total. The molecular weight excluding hydrogens is 1010 g/mol. The first kappa shape index (κ1) is 52.0. The monoisotopic (exact) mass is 1070 g/mol. The van der Waals surface area contributed by atoms with Crippen molar-refractivity contribution in [1.29, 1.82) is 0 Å². The molecule has 2 saturated heterocycles. The maximum Gasteiger partial charge on any atom is 0.329 e. The van der Waals surface area contributed by atoms with E-state index in [1.807, 2.05) is 138 Å². The molecule has 3 aliphatic rings. The van der Waals surface area contributed by atoms with Crippen LogP contribution in [0.3, 0.4) is 0 Å². The Balaban J connectivity index is 0.799. The maximum absolute atomic E-state index is 14.8. The summed E-state index contributed by atoms with van der Waals surface area (Å²) in [4.78, 5) is 98.0. The van der Waals surface area contributed by atoms with Crippen molar-refractivity contribution in [3.05, 3.63) is 195 Å². The van der Waals surface area contributed by atoms with E-state index in [9.17, 15) is 39.0 Å². The van der Waals surface area contributed by atoms with Crippen LogP contribution < -0.4 is 14.7 Å². The first-order valence-electron chi connectivity index (χ1n) is 25.6. The molecule has 0 spiro atoms. The number of rotatable bonds is 14. The van der Waals surface area contributed by atoms with Crippen LogP contribution in [0.25, 0.3) is 0 Å². The van der Waals surface area contributed by atoms with Gasteiger partial charge in [-0.15, -0.1) is 22.7 Å². The van der Waals surface area contributed by atoms with Crippen molar-refractivity contribution in [2.45, 2.75) is 57.4 Å². The molecule has 2 N–H and O–H groups in total. The number of hydrogen-bond donors (Lipinski definition) is 2. The zero-order valence-corrected chi connectivity index (χ0v) is 44.0. The van der Waals surface area contributed by atoms with Crippen LogP contribution >= 0.6 is 22.7 Å². The number of anilines is 5. The molecule has 0 unspecified atom stereocenters. The van der Waals surface area contributed by atoms with Crippen molar-refractivity contribution >= 4 is 87.2 Å². The quantitative estimate of drug-likeness (QED) is 0.108. The number of benzene rings is 5. The van der Waals surface area contributed by atoms with Gasteiger partial charge < -0.3 is 34.7 Å². The van der Waals surface area contributed by atoms with Crippen LogP contribution in [-0.4, -0.2) is 128 Å². The molecule has 0 bridgehead atoms. The summed E-state index contributed by atoms with van der Waals surface area (Å²) < 4.78 is 0. The molecule has 0 radical (unpaired) electrons. The van der Waals surface area contributed by atoms with Gasteiger partial charge in [0.15, 0.2) is 0 Å². The summed E-state index contributed by atoms with van der Waals surface area (Å²) >= 11 is 3.17. The number of carboxylic acids is 2. The van der Waals surface area contributed by atoms with Gasteiger partial charge in [-0.1, -0.05) is 84.9 Å². The number of carbonyl (C=O) groups is 6. The van der Waals surface area contributed by atoms with Crippen molar-refractivity contribution in [2.75, 3.05) is 54.0 Å². The summed E-state index contributed by atoms with van der Waals surface area (Å²) in [6.45, 7) is 2.66. The maximum atomic E-state index is 14.8. The van der Waals surface area contributed by atoms with Crippen LogP contribution in [0.2, 0.25) is 0 Å². The molecule has 2 aliphatic heterocycles. The average molecular weight is 1070 g/mol. The minimum atomic E-state index is -1.31. The highest BCUT2D eigenvalue weighted by Crippen LogP contribution is 2.34. The molecule has 4 heterocycles. The molecule has 2 atom stereocenters. The van der Waals surface area contributed by atoms with E-state index >= 15 is 0 Å². The highest BCUT2D eigenvalue weighted by atomic mass is 32.1. The number of carbonyl (C=O) groups excluding carboxylic acids is 4. The number of thiophene rings is 2. The van der Waals surface area contributed by atoms with E-state index in [1.54, 1.807) is 68.9 Å². The fraction of sp³-hybridized carbons (Fsp3) is 0.254. The second kappa shape index (κ2) is 23.2. The fourth-order valence-corrected chi connectivity index (χ4v) is 11.6. The van der Waals surface area contributed by atoms with Gasteiger partial charge in [0.2, 0.25) is 0 Å². The summed E-state index contributed by atoms with van der Waals surface area (Å²) in [5.74, 6) is -2.40. The summed E-state index contributed by atoms with van der Waals surface area (Å²) in [6.07, 6.45) is 2.26. The Bertz CT molecular complexity index is 3170. The zero-order chi connectivity index (χ0) is 53.6. The van der Waals surface area contributed by atoms with Crippen molar-refractivity contribution in [3.8, 4) is 0 Å². The fourth-order valence-electron chi connectivity index (χ4n) is 10.0.